The van der Waals surface area contributed by atoms with Crippen LogP contribution in [0.5, 0.6) is 0 Å². The predicted octanol–water partition coefficient (Wildman–Crippen LogP) is 4.47. The monoisotopic (exact) mass is 383 g/mol. The number of hydrogen-bond acceptors (Lipinski definition) is 4. The van der Waals surface area contributed by atoms with Gasteiger partial charge < -0.3 is 14.1 Å². The molecule has 0 N–H and O–H groups in total. The van der Waals surface area contributed by atoms with Crippen molar-refractivity contribution in [2.45, 2.75) is 78.1 Å². The number of likely N-dealkylation sites (tertiary alicyclic amines) is 1. The molecule has 2 unspecified atom stereocenters. The van der Waals surface area contributed by atoms with Crippen molar-refractivity contribution in [1.29, 1.82) is 0 Å². The summed E-state index contributed by atoms with van der Waals surface area (Å²) in [5, 5.41) is 0.147. The van der Waals surface area contributed by atoms with E-state index in [1.54, 1.807) is 4.90 Å². The molecule has 2 fully saturated rings. The number of piperidine rings is 1. The van der Waals surface area contributed by atoms with Gasteiger partial charge in [-0.3, -0.25) is 4.79 Å². The number of carbonyl (C=O) groups excluding carboxylic acids is 2. The first kappa shape index (κ1) is 21.4. The van der Waals surface area contributed by atoms with Gasteiger partial charge in [0.05, 0.1) is 0 Å². The Hall–Kier alpha value is -0.883. The standard InChI is InChI=1S/C20H37NO4Si/c1-19(2,3)25-18(23)21-10-9-15-14(12-21)11-17(22)16(15)13-24-26(7,8)20(4,5)6/h14-16H,9-13H2,1-8H3/t14?,15?,16-/m0/s1. The number of hydrogen-bond donors (Lipinski definition) is 0. The number of ether oxygens (including phenoxy) is 1. The molecule has 5 nitrogen and oxygen atoms in total. The molecule has 0 aromatic heterocycles. The Labute approximate surface area is 159 Å². The van der Waals surface area contributed by atoms with Crippen molar-refractivity contribution in [3.63, 3.8) is 0 Å². The zero-order chi connectivity index (χ0) is 19.9. The van der Waals surface area contributed by atoms with E-state index in [-0.39, 0.29) is 23.0 Å². The largest absolute Gasteiger partial charge is 0.444 e. The Balaban J connectivity index is 1.96. The molecule has 0 aromatic rings. The van der Waals surface area contributed by atoms with E-state index in [1.165, 1.54) is 0 Å². The van der Waals surface area contributed by atoms with Crippen molar-refractivity contribution in [2.75, 3.05) is 19.7 Å². The quantitative estimate of drug-likeness (QED) is 0.675. The summed E-state index contributed by atoms with van der Waals surface area (Å²) < 4.78 is 11.8. The first-order valence-electron chi connectivity index (χ1n) is 9.86. The first-order chi connectivity index (χ1) is 11.7. The van der Waals surface area contributed by atoms with Crippen LogP contribution in [0.25, 0.3) is 0 Å². The van der Waals surface area contributed by atoms with Crippen LogP contribution >= 0.6 is 0 Å². The lowest BCUT2D eigenvalue weighted by Gasteiger charge is -2.39. The van der Waals surface area contributed by atoms with Crippen LogP contribution in [-0.4, -0.2) is 50.4 Å². The normalized spacial score (nSPS) is 27.5. The maximum Gasteiger partial charge on any atom is 0.410 e. The average Bonchev–Trinajstić information content (AvgIpc) is 2.76. The summed E-state index contributed by atoms with van der Waals surface area (Å²) in [6.07, 6.45) is 1.17. The van der Waals surface area contributed by atoms with E-state index in [0.717, 1.165) is 6.42 Å². The van der Waals surface area contributed by atoms with E-state index in [2.05, 4.69) is 33.9 Å². The molecular weight excluding hydrogens is 346 g/mol. The number of nitrogens with zero attached hydrogens (tertiary/aromatic N) is 1. The van der Waals surface area contributed by atoms with Gasteiger partial charge in [0.2, 0.25) is 0 Å². The minimum atomic E-state index is -1.85. The van der Waals surface area contributed by atoms with Gasteiger partial charge in [-0.2, -0.15) is 0 Å². The number of carbonyl (C=O) groups is 2. The molecule has 0 aromatic carbocycles. The molecule has 1 heterocycles. The summed E-state index contributed by atoms with van der Waals surface area (Å²) in [6, 6.07) is 0. The fourth-order valence-corrected chi connectivity index (χ4v) is 4.70. The summed E-state index contributed by atoms with van der Waals surface area (Å²) in [5.41, 5.74) is -0.487. The van der Waals surface area contributed by atoms with Gasteiger partial charge in [-0.1, -0.05) is 20.8 Å². The van der Waals surface area contributed by atoms with E-state index >= 15 is 0 Å². The number of fused-ring (bicyclic) bond motifs is 1. The van der Waals surface area contributed by atoms with Gasteiger partial charge in [0.25, 0.3) is 0 Å². The topological polar surface area (TPSA) is 55.8 Å². The molecular formula is C20H37NO4Si. The molecule has 1 aliphatic heterocycles. The number of amides is 1. The van der Waals surface area contributed by atoms with Crippen molar-refractivity contribution < 1.29 is 18.8 Å². The molecule has 0 bridgehead atoms. The molecule has 1 saturated carbocycles. The molecule has 150 valence electrons. The first-order valence-corrected chi connectivity index (χ1v) is 12.8. The SMILES string of the molecule is CC(C)(C)OC(=O)N1CCC2C(CC(=O)[C@H]2CO[Si](C)(C)C(C)(C)C)C1. The van der Waals surface area contributed by atoms with Gasteiger partial charge >= 0.3 is 6.09 Å². The molecule has 6 heteroatoms. The van der Waals surface area contributed by atoms with Crippen LogP contribution in [0.2, 0.25) is 18.1 Å². The Bertz CT molecular complexity index is 547. The van der Waals surface area contributed by atoms with Crippen LogP contribution in [0.3, 0.4) is 0 Å². The third kappa shape index (κ3) is 4.88. The van der Waals surface area contributed by atoms with Crippen LogP contribution in [-0.2, 0) is 14.0 Å². The Kier molecular flexibility index (Phi) is 5.98. The van der Waals surface area contributed by atoms with Gasteiger partial charge in [0.1, 0.15) is 11.4 Å². The number of rotatable bonds is 3. The predicted molar refractivity (Wildman–Crippen MR) is 106 cm³/mol. The van der Waals surface area contributed by atoms with Crippen LogP contribution in [0.4, 0.5) is 4.79 Å². The van der Waals surface area contributed by atoms with Crippen molar-refractivity contribution >= 4 is 20.2 Å². The summed E-state index contributed by atoms with van der Waals surface area (Å²) in [5.74, 6) is 0.891. The van der Waals surface area contributed by atoms with Crippen molar-refractivity contribution in [3.8, 4) is 0 Å². The van der Waals surface area contributed by atoms with Crippen molar-refractivity contribution in [1.82, 2.24) is 4.90 Å². The molecule has 1 aliphatic carbocycles. The van der Waals surface area contributed by atoms with E-state index in [1.807, 2.05) is 20.8 Å². The lowest BCUT2D eigenvalue weighted by Crippen LogP contribution is -2.46. The van der Waals surface area contributed by atoms with Crippen LogP contribution < -0.4 is 0 Å². The maximum absolute atomic E-state index is 12.6. The second kappa shape index (κ2) is 7.27. The number of Topliss-reactive ketones (excluding diaryl/α,β-unsaturated/α-hetero) is 1. The van der Waals surface area contributed by atoms with Crippen LogP contribution in [0.1, 0.15) is 54.4 Å². The highest BCUT2D eigenvalue weighted by Gasteiger charge is 2.47. The molecule has 0 spiro atoms. The lowest BCUT2D eigenvalue weighted by atomic mass is 9.84. The van der Waals surface area contributed by atoms with Crippen molar-refractivity contribution in [3.05, 3.63) is 0 Å². The van der Waals surface area contributed by atoms with Crippen LogP contribution in [0.15, 0.2) is 0 Å². The summed E-state index contributed by atoms with van der Waals surface area (Å²) in [6.45, 7) is 18.6. The molecule has 3 atom stereocenters. The molecule has 2 rings (SSSR count). The molecule has 1 amide bonds. The Morgan fingerprint density at radius 3 is 2.35 bits per heavy atom. The van der Waals surface area contributed by atoms with Gasteiger partial charge in [-0.25, -0.2) is 4.79 Å². The van der Waals surface area contributed by atoms with E-state index in [4.69, 9.17) is 9.16 Å². The molecule has 2 aliphatic rings. The summed E-state index contributed by atoms with van der Waals surface area (Å²) in [4.78, 5) is 26.7. The lowest BCUT2D eigenvalue weighted by molar-refractivity contribution is -0.122. The van der Waals surface area contributed by atoms with Crippen LogP contribution in [0, 0.1) is 17.8 Å². The van der Waals surface area contributed by atoms with E-state index in [9.17, 15) is 9.59 Å². The van der Waals surface area contributed by atoms with Gasteiger partial charge in [0, 0.05) is 32.0 Å². The zero-order valence-corrected chi connectivity index (χ0v) is 18.8. The fraction of sp³-hybridized carbons (Fsp3) is 0.900. The number of ketones is 1. The summed E-state index contributed by atoms with van der Waals surface area (Å²) >= 11 is 0. The fourth-order valence-electron chi connectivity index (χ4n) is 3.67. The van der Waals surface area contributed by atoms with Gasteiger partial charge in [-0.15, -0.1) is 0 Å². The third-order valence-corrected chi connectivity index (χ3v) is 10.8. The van der Waals surface area contributed by atoms with Gasteiger partial charge in [-0.05, 0) is 57.2 Å². The van der Waals surface area contributed by atoms with Gasteiger partial charge in [0.15, 0.2) is 8.32 Å². The Morgan fingerprint density at radius 2 is 1.81 bits per heavy atom. The smallest absolute Gasteiger partial charge is 0.410 e. The average molecular weight is 384 g/mol. The molecule has 26 heavy (non-hydrogen) atoms. The van der Waals surface area contributed by atoms with E-state index < -0.39 is 13.9 Å². The highest BCUT2D eigenvalue weighted by molar-refractivity contribution is 6.74. The molecule has 0 radical (unpaired) electrons. The highest BCUT2D eigenvalue weighted by Crippen LogP contribution is 2.42. The minimum Gasteiger partial charge on any atom is -0.444 e. The summed E-state index contributed by atoms with van der Waals surface area (Å²) in [7, 11) is -1.85. The maximum atomic E-state index is 12.6. The minimum absolute atomic E-state index is 0.00471. The Morgan fingerprint density at radius 1 is 1.19 bits per heavy atom. The highest BCUT2D eigenvalue weighted by atomic mass is 28.4. The van der Waals surface area contributed by atoms with E-state index in [0.29, 0.717) is 37.8 Å². The molecule has 1 saturated heterocycles. The zero-order valence-electron chi connectivity index (χ0n) is 17.8. The second-order valence-electron chi connectivity index (χ2n) is 10.5. The van der Waals surface area contributed by atoms with Crippen molar-refractivity contribution in [2.24, 2.45) is 17.8 Å². The second-order valence-corrected chi connectivity index (χ2v) is 15.3. The third-order valence-electron chi connectivity index (χ3n) is 6.27.